The minimum absolute atomic E-state index is 0.509. The summed E-state index contributed by atoms with van der Waals surface area (Å²) in [5.41, 5.74) is 0. The Morgan fingerprint density at radius 1 is 1.33 bits per heavy atom. The van der Waals surface area contributed by atoms with Crippen molar-refractivity contribution in [2.45, 2.75) is 0 Å². The van der Waals surface area contributed by atoms with Crippen LogP contribution in [0.25, 0.3) is 0 Å². The monoisotopic (exact) mass is 248 g/mol. The zero-order chi connectivity index (χ0) is 8.81. The minimum atomic E-state index is -1.22. The van der Waals surface area contributed by atoms with Gasteiger partial charge in [0.2, 0.25) is 11.1 Å². The predicted octanol–water partition coefficient (Wildman–Crippen LogP) is 2.12. The first-order chi connectivity index (χ1) is 5.83. The highest BCUT2D eigenvalue weighted by Gasteiger charge is 1.99. The van der Waals surface area contributed by atoms with Gasteiger partial charge in [-0.05, 0) is 12.1 Å². The number of halogens is 1. The lowest BCUT2D eigenvalue weighted by Gasteiger charge is -2.01. The average Bonchev–Trinajstić information content (AvgIpc) is 2.06. The van der Waals surface area contributed by atoms with Crippen LogP contribution in [-0.4, -0.2) is 15.3 Å². The van der Waals surface area contributed by atoms with E-state index in [0.717, 1.165) is 0 Å². The lowest BCUT2D eigenvalue weighted by Crippen LogP contribution is -2.05. The third-order valence-corrected chi connectivity index (χ3v) is 3.01. The SMILES string of the molecule is O=S(CCBr)Oc1ccccc1. The molecule has 0 saturated heterocycles. The number of benzene rings is 1. The van der Waals surface area contributed by atoms with E-state index in [4.69, 9.17) is 4.18 Å². The maximum absolute atomic E-state index is 11.1. The Balaban J connectivity index is 2.47. The fraction of sp³-hybridized carbons (Fsp3) is 0.250. The van der Waals surface area contributed by atoms with Crippen molar-refractivity contribution in [2.75, 3.05) is 11.1 Å². The van der Waals surface area contributed by atoms with Crippen molar-refractivity contribution in [3.05, 3.63) is 30.3 Å². The van der Waals surface area contributed by atoms with E-state index in [1.165, 1.54) is 0 Å². The van der Waals surface area contributed by atoms with Crippen molar-refractivity contribution >= 4 is 27.0 Å². The molecule has 0 spiro atoms. The van der Waals surface area contributed by atoms with E-state index in [-0.39, 0.29) is 0 Å². The highest BCUT2D eigenvalue weighted by atomic mass is 79.9. The van der Waals surface area contributed by atoms with Crippen LogP contribution in [0, 0.1) is 0 Å². The Morgan fingerprint density at radius 2 is 2.00 bits per heavy atom. The number of para-hydroxylation sites is 1. The summed E-state index contributed by atoms with van der Waals surface area (Å²) in [6.45, 7) is 0. The zero-order valence-corrected chi connectivity index (χ0v) is 8.81. The van der Waals surface area contributed by atoms with Crippen molar-refractivity contribution in [1.29, 1.82) is 0 Å². The molecule has 12 heavy (non-hydrogen) atoms. The summed E-state index contributed by atoms with van der Waals surface area (Å²) in [6, 6.07) is 9.15. The first kappa shape index (κ1) is 9.74. The Hall–Kier alpha value is -0.350. The highest BCUT2D eigenvalue weighted by molar-refractivity contribution is 9.09. The largest absolute Gasteiger partial charge is 0.401 e. The second-order valence-corrected chi connectivity index (χ2v) is 4.07. The molecule has 66 valence electrons. The maximum atomic E-state index is 11.1. The zero-order valence-electron chi connectivity index (χ0n) is 6.40. The van der Waals surface area contributed by atoms with Gasteiger partial charge in [-0.2, -0.15) is 0 Å². The van der Waals surface area contributed by atoms with Crippen LogP contribution in [0.1, 0.15) is 0 Å². The Labute approximate surface area is 82.7 Å². The number of alkyl halides is 1. The number of hydrogen-bond donors (Lipinski definition) is 0. The highest BCUT2D eigenvalue weighted by Crippen LogP contribution is 2.09. The summed E-state index contributed by atoms with van der Waals surface area (Å²) < 4.78 is 16.2. The molecule has 0 bridgehead atoms. The van der Waals surface area contributed by atoms with Gasteiger partial charge in [0.15, 0.2) is 0 Å². The molecular formula is C8H9BrO2S. The summed E-state index contributed by atoms with van der Waals surface area (Å²) in [7, 11) is 0. The predicted molar refractivity (Wildman–Crippen MR) is 53.9 cm³/mol. The molecule has 1 aromatic rings. The van der Waals surface area contributed by atoms with Crippen molar-refractivity contribution < 1.29 is 8.39 Å². The third kappa shape index (κ3) is 3.36. The third-order valence-electron chi connectivity index (χ3n) is 1.18. The molecule has 0 radical (unpaired) electrons. The fourth-order valence-corrected chi connectivity index (χ4v) is 2.02. The molecule has 1 aromatic carbocycles. The summed E-state index contributed by atoms with van der Waals surface area (Å²) in [6.07, 6.45) is 0. The van der Waals surface area contributed by atoms with Crippen LogP contribution < -0.4 is 4.18 Å². The van der Waals surface area contributed by atoms with Crippen LogP contribution in [0.2, 0.25) is 0 Å². The van der Waals surface area contributed by atoms with Crippen LogP contribution in [0.5, 0.6) is 5.75 Å². The quantitative estimate of drug-likeness (QED) is 0.764. The lowest BCUT2D eigenvalue weighted by atomic mass is 10.3. The standard InChI is InChI=1S/C8H9BrO2S/c9-6-7-12(10)11-8-4-2-1-3-5-8/h1-5H,6-7H2. The van der Waals surface area contributed by atoms with Crippen molar-refractivity contribution in [2.24, 2.45) is 0 Å². The minimum Gasteiger partial charge on any atom is -0.401 e. The van der Waals surface area contributed by atoms with Gasteiger partial charge in [-0.1, -0.05) is 34.1 Å². The molecule has 0 amide bonds. The van der Waals surface area contributed by atoms with Crippen molar-refractivity contribution in [1.82, 2.24) is 0 Å². The van der Waals surface area contributed by atoms with Gasteiger partial charge in [0, 0.05) is 5.33 Å². The summed E-state index contributed by atoms with van der Waals surface area (Å²) >= 11 is 1.97. The molecule has 1 unspecified atom stereocenters. The van der Waals surface area contributed by atoms with Crippen LogP contribution in [0.3, 0.4) is 0 Å². The molecule has 4 heteroatoms. The van der Waals surface area contributed by atoms with E-state index in [1.54, 1.807) is 12.1 Å². The van der Waals surface area contributed by atoms with E-state index in [0.29, 0.717) is 16.8 Å². The lowest BCUT2D eigenvalue weighted by molar-refractivity contribution is 0.563. The van der Waals surface area contributed by atoms with Crippen LogP contribution in [0.15, 0.2) is 30.3 Å². The van der Waals surface area contributed by atoms with Gasteiger partial charge in [0.25, 0.3) is 0 Å². The fourth-order valence-electron chi connectivity index (χ4n) is 0.688. The molecule has 1 rings (SSSR count). The Bertz CT molecular complexity index is 250. The van der Waals surface area contributed by atoms with Gasteiger partial charge >= 0.3 is 0 Å². The Morgan fingerprint density at radius 3 is 2.58 bits per heavy atom. The van der Waals surface area contributed by atoms with Gasteiger partial charge in [0.05, 0.1) is 5.75 Å². The van der Waals surface area contributed by atoms with Gasteiger partial charge in [0.1, 0.15) is 5.75 Å². The van der Waals surface area contributed by atoms with Crippen LogP contribution in [0.4, 0.5) is 0 Å². The van der Waals surface area contributed by atoms with Gasteiger partial charge in [-0.25, -0.2) is 4.21 Å². The second kappa shape index (κ2) is 5.32. The number of rotatable bonds is 4. The molecule has 0 aliphatic heterocycles. The molecule has 0 saturated carbocycles. The smallest absolute Gasteiger partial charge is 0.207 e. The summed E-state index contributed by atoms with van der Waals surface area (Å²) in [5.74, 6) is 1.16. The molecule has 0 aliphatic carbocycles. The van der Waals surface area contributed by atoms with Gasteiger partial charge in [-0.3, -0.25) is 0 Å². The average molecular weight is 249 g/mol. The molecule has 0 N–H and O–H groups in total. The number of hydrogen-bond acceptors (Lipinski definition) is 2. The molecular weight excluding hydrogens is 240 g/mol. The summed E-state index contributed by atoms with van der Waals surface area (Å²) in [4.78, 5) is 0. The normalized spacial score (nSPS) is 12.4. The summed E-state index contributed by atoms with van der Waals surface area (Å²) in [5, 5.41) is 0.687. The van der Waals surface area contributed by atoms with Crippen LogP contribution in [-0.2, 0) is 11.1 Å². The van der Waals surface area contributed by atoms with Gasteiger partial charge in [-0.15, -0.1) is 0 Å². The topological polar surface area (TPSA) is 26.3 Å². The Kier molecular flexibility index (Phi) is 4.32. The van der Waals surface area contributed by atoms with Gasteiger partial charge < -0.3 is 4.18 Å². The molecule has 2 nitrogen and oxygen atoms in total. The van der Waals surface area contributed by atoms with E-state index >= 15 is 0 Å². The molecule has 1 atom stereocenters. The van der Waals surface area contributed by atoms with E-state index < -0.39 is 11.1 Å². The maximum Gasteiger partial charge on any atom is 0.207 e. The van der Waals surface area contributed by atoms with Crippen molar-refractivity contribution in [3.8, 4) is 5.75 Å². The second-order valence-electron chi connectivity index (χ2n) is 2.09. The van der Waals surface area contributed by atoms with E-state index in [9.17, 15) is 4.21 Å². The van der Waals surface area contributed by atoms with Crippen LogP contribution >= 0.6 is 15.9 Å². The molecule has 0 fully saturated rings. The van der Waals surface area contributed by atoms with Crippen molar-refractivity contribution in [3.63, 3.8) is 0 Å². The van der Waals surface area contributed by atoms with E-state index in [2.05, 4.69) is 15.9 Å². The molecule has 0 aliphatic rings. The molecule has 0 heterocycles. The first-order valence-electron chi connectivity index (χ1n) is 3.50. The molecule has 0 aromatic heterocycles. The van der Waals surface area contributed by atoms with E-state index in [1.807, 2.05) is 18.2 Å². The first-order valence-corrected chi connectivity index (χ1v) is 5.87.